The number of aromatic nitrogens is 3. The van der Waals surface area contributed by atoms with E-state index in [2.05, 4.69) is 70.4 Å². The number of imidazole rings is 1. The van der Waals surface area contributed by atoms with E-state index in [1.54, 1.807) is 36.4 Å². The van der Waals surface area contributed by atoms with Gasteiger partial charge in [0.25, 0.3) is 0 Å². The molecule has 249 valence electrons. The average Bonchev–Trinajstić information content (AvgIpc) is 3.82. The fraction of sp³-hybridized carbons (Fsp3) is 0.0435. The van der Waals surface area contributed by atoms with Gasteiger partial charge in [-0.2, -0.15) is 0 Å². The zero-order chi connectivity index (χ0) is 38.9. The summed E-state index contributed by atoms with van der Waals surface area (Å²) in [6.07, 6.45) is 4.45. The van der Waals surface area contributed by atoms with Crippen LogP contribution in [-0.2, 0) is 20.1 Å². The van der Waals surface area contributed by atoms with Gasteiger partial charge in [0.15, 0.2) is 0 Å². The van der Waals surface area contributed by atoms with Gasteiger partial charge in [-0.3, -0.25) is 4.98 Å². The molecule has 0 aliphatic heterocycles. The smallest absolute Gasteiger partial charge is 0.0774 e. The van der Waals surface area contributed by atoms with E-state index in [0.717, 1.165) is 50.2 Å². The quantitative estimate of drug-likeness (QED) is 0.162. The van der Waals surface area contributed by atoms with Gasteiger partial charge in [0.2, 0.25) is 0 Å². The van der Waals surface area contributed by atoms with Gasteiger partial charge >= 0.3 is 0 Å². The molecular weight excluding hydrogens is 803 g/mol. The van der Waals surface area contributed by atoms with Gasteiger partial charge in [0.05, 0.1) is 22.5 Å². The Morgan fingerprint density at radius 3 is 2.02 bits per heavy atom. The van der Waals surface area contributed by atoms with E-state index in [1.165, 1.54) is 6.20 Å². The Bertz CT molecular complexity index is 2710. The summed E-state index contributed by atoms with van der Waals surface area (Å²) >= 11 is 0. The first kappa shape index (κ1) is 26.9. The van der Waals surface area contributed by atoms with Gasteiger partial charge in [-0.25, -0.2) is 0 Å². The molecule has 9 aromatic rings. The second kappa shape index (κ2) is 14.9. The largest absolute Gasteiger partial charge is 0.557 e. The van der Waals surface area contributed by atoms with E-state index in [4.69, 9.17) is 17.6 Å². The Morgan fingerprint density at radius 1 is 0.667 bits per heavy atom. The molecule has 0 spiro atoms. The first-order chi connectivity index (χ1) is 27.1. The monoisotopic (exact) mass is 842 g/mol. The summed E-state index contributed by atoms with van der Waals surface area (Å²) in [6.45, 7) is -4.34. The molecule has 0 aliphatic rings. The topological polar surface area (TPSA) is 43.9 Å². The van der Waals surface area contributed by atoms with Crippen molar-refractivity contribution in [3.05, 3.63) is 187 Å². The summed E-state index contributed by atoms with van der Waals surface area (Å²) < 4.78 is 53.6. The summed E-state index contributed by atoms with van der Waals surface area (Å²) in [4.78, 5) is 9.20. The first-order valence-electron chi connectivity index (χ1n) is 19.2. The van der Waals surface area contributed by atoms with Crippen molar-refractivity contribution in [1.29, 1.82) is 0 Å². The minimum atomic E-state index is -2.25. The molecule has 0 saturated heterocycles. The third-order valence-corrected chi connectivity index (χ3v) is 8.47. The van der Waals surface area contributed by atoms with Crippen LogP contribution in [0.15, 0.2) is 168 Å². The van der Waals surface area contributed by atoms with Crippen LogP contribution in [0.1, 0.15) is 19.4 Å². The van der Waals surface area contributed by atoms with E-state index < -0.39 is 13.7 Å². The van der Waals surface area contributed by atoms with Crippen LogP contribution in [0.25, 0.3) is 72.6 Å². The number of fused-ring (bicyclic) bond motifs is 2. The third-order valence-electron chi connectivity index (χ3n) is 8.47. The minimum absolute atomic E-state index is 0. The number of aryl methyl sites for hydroxylation is 2. The molecule has 9 rings (SSSR count). The maximum atomic E-state index is 7.96. The Kier molecular flexibility index (Phi) is 7.89. The first-order valence-corrected chi connectivity index (χ1v) is 16.2. The van der Waals surface area contributed by atoms with Crippen molar-refractivity contribution in [1.82, 2.24) is 14.5 Å². The maximum absolute atomic E-state index is 7.96. The summed E-state index contributed by atoms with van der Waals surface area (Å²) in [5, 5.41) is 0.656. The Morgan fingerprint density at radius 2 is 1.35 bits per heavy atom. The maximum Gasteiger partial charge on any atom is 0.0774 e. The molecule has 5 heteroatoms. The number of para-hydroxylation sites is 3. The van der Waals surface area contributed by atoms with E-state index in [0.29, 0.717) is 22.4 Å². The zero-order valence-electron chi connectivity index (χ0n) is 33.2. The molecule has 3 aromatic heterocycles. The molecule has 6 aromatic carbocycles. The predicted molar refractivity (Wildman–Crippen MR) is 204 cm³/mol. The second-order valence-electron chi connectivity index (χ2n) is 11.7. The van der Waals surface area contributed by atoms with Gasteiger partial charge in [-0.1, -0.05) is 138 Å². The molecule has 0 aliphatic carbocycles. The van der Waals surface area contributed by atoms with Crippen molar-refractivity contribution in [2.45, 2.75) is 13.7 Å². The summed E-state index contributed by atoms with van der Waals surface area (Å²) in [6, 6.07) is 53.6. The Balaban J connectivity index is 0.000000246. The van der Waals surface area contributed by atoms with Crippen LogP contribution < -0.4 is 0 Å². The number of benzene rings is 6. The molecule has 0 unspecified atom stereocenters. The molecule has 0 bridgehead atoms. The number of pyridine rings is 1. The normalized spacial score (nSPS) is 13.0. The van der Waals surface area contributed by atoms with Crippen LogP contribution >= 0.6 is 0 Å². The molecule has 0 atom stereocenters. The van der Waals surface area contributed by atoms with Crippen LogP contribution in [0, 0.1) is 26.0 Å². The van der Waals surface area contributed by atoms with Crippen molar-refractivity contribution in [3.63, 3.8) is 0 Å². The molecule has 4 nitrogen and oxygen atoms in total. The molecule has 0 N–H and O–H groups in total. The molecular formula is C46H33IrN3O-2. The van der Waals surface area contributed by atoms with Crippen LogP contribution in [0.4, 0.5) is 0 Å². The van der Waals surface area contributed by atoms with Gasteiger partial charge in [-0.15, -0.1) is 35.9 Å². The third kappa shape index (κ3) is 6.82. The van der Waals surface area contributed by atoms with Gasteiger partial charge in [-0.05, 0) is 48.2 Å². The fourth-order valence-electron chi connectivity index (χ4n) is 6.15. The van der Waals surface area contributed by atoms with E-state index in [1.807, 2.05) is 72.8 Å². The summed E-state index contributed by atoms with van der Waals surface area (Å²) in [7, 11) is 0. The van der Waals surface area contributed by atoms with Gasteiger partial charge in [0, 0.05) is 57.5 Å². The standard InChI is InChI=1S/C34H23N2O.C12H10N.Ir/c1-23-19-20-32-28(21-23)29(22-37-32)34-35-30-17-8-9-18-31(30)36(34)33-26(24-11-4-2-5-12-24)15-10-16-27(33)25-13-6-3-7-14-25;1-10-7-8-12(13-9-10)11-5-3-2-4-6-11;/h2-21H,1H3;2-5,7-9H,1H3;/q2*-1;/i2*1D3;. The number of rotatable bonds is 5. The van der Waals surface area contributed by atoms with Crippen molar-refractivity contribution in [3.8, 4) is 50.6 Å². The number of hydrogen-bond acceptors (Lipinski definition) is 3. The zero-order valence-corrected chi connectivity index (χ0v) is 29.6. The van der Waals surface area contributed by atoms with Gasteiger partial charge < -0.3 is 14.0 Å². The minimum Gasteiger partial charge on any atom is -0.557 e. The number of hydrogen-bond donors (Lipinski definition) is 0. The summed E-state index contributed by atoms with van der Waals surface area (Å²) in [5.41, 5.74) is 10.2. The van der Waals surface area contributed by atoms with Gasteiger partial charge in [0.1, 0.15) is 0 Å². The van der Waals surface area contributed by atoms with Crippen LogP contribution in [0.3, 0.4) is 0 Å². The predicted octanol–water partition coefficient (Wildman–Crippen LogP) is 11.7. The van der Waals surface area contributed by atoms with E-state index in [9.17, 15) is 0 Å². The van der Waals surface area contributed by atoms with Crippen LogP contribution in [0.2, 0.25) is 0 Å². The molecule has 0 fully saturated rings. The van der Waals surface area contributed by atoms with E-state index >= 15 is 0 Å². The van der Waals surface area contributed by atoms with Crippen molar-refractivity contribution in [2.24, 2.45) is 0 Å². The van der Waals surface area contributed by atoms with Crippen molar-refractivity contribution in [2.75, 3.05) is 0 Å². The number of nitrogens with zero attached hydrogens (tertiary/aromatic N) is 3. The molecule has 51 heavy (non-hydrogen) atoms. The van der Waals surface area contributed by atoms with E-state index in [-0.39, 0.29) is 31.2 Å². The van der Waals surface area contributed by atoms with Crippen LogP contribution in [-0.4, -0.2) is 14.5 Å². The molecule has 0 saturated carbocycles. The Hall–Kier alpha value is -5.87. The SMILES string of the molecule is [2H]C([2H])([2H])c1ccc(-c2[c-]cccc2)nc1.[2H]C([2H])([2H])c1ccc2o[c-]c(-c3nc4ccccc4n3-c3c(-c4ccccc4)cccc3-c3ccccc3)c2c1.[Ir]. The number of furan rings is 1. The molecule has 1 radical (unpaired) electrons. The van der Waals surface area contributed by atoms with Crippen molar-refractivity contribution >= 4 is 22.0 Å². The average molecular weight is 842 g/mol. The van der Waals surface area contributed by atoms with Crippen molar-refractivity contribution < 1.29 is 32.7 Å². The Labute approximate surface area is 319 Å². The fourth-order valence-corrected chi connectivity index (χ4v) is 6.15. The molecule has 3 heterocycles. The summed E-state index contributed by atoms with van der Waals surface area (Å²) in [5.74, 6) is 0.628. The molecule has 0 amide bonds. The second-order valence-corrected chi connectivity index (χ2v) is 11.7. The van der Waals surface area contributed by atoms with Crippen LogP contribution in [0.5, 0.6) is 0 Å².